The first-order chi connectivity index (χ1) is 10.6. The molecule has 0 saturated carbocycles. The lowest BCUT2D eigenvalue weighted by Crippen LogP contribution is -2.18. The third kappa shape index (κ3) is 3.21. The molecule has 1 N–H and O–H groups in total. The Morgan fingerprint density at radius 1 is 1.00 bits per heavy atom. The number of nitrogens with one attached hydrogen (secondary N) is 1. The van der Waals surface area contributed by atoms with Gasteiger partial charge in [0.25, 0.3) is 5.91 Å². The van der Waals surface area contributed by atoms with Crippen LogP contribution in [0.15, 0.2) is 42.5 Å². The van der Waals surface area contributed by atoms with Crippen LogP contribution in [0.3, 0.4) is 0 Å². The third-order valence-electron chi connectivity index (χ3n) is 3.77. The lowest BCUT2D eigenvalue weighted by Gasteiger charge is -2.19. The number of anilines is 2. The van der Waals surface area contributed by atoms with Gasteiger partial charge < -0.3 is 10.2 Å². The molecule has 1 heterocycles. The normalized spacial score (nSPS) is 14.2. The molecule has 3 rings (SSSR count). The quantitative estimate of drug-likeness (QED) is 0.870. The molecule has 0 bridgehead atoms. The van der Waals surface area contributed by atoms with Gasteiger partial charge in [0.1, 0.15) is 0 Å². The first-order valence-electron chi connectivity index (χ1n) is 7.25. The highest BCUT2D eigenvalue weighted by atomic mass is 35.5. The Morgan fingerprint density at radius 2 is 1.73 bits per heavy atom. The van der Waals surface area contributed by atoms with Gasteiger partial charge in [-0.3, -0.25) is 4.79 Å². The van der Waals surface area contributed by atoms with Gasteiger partial charge in [0, 0.05) is 18.8 Å². The Kier molecular flexibility index (Phi) is 4.55. The Hall–Kier alpha value is -1.71. The zero-order valence-corrected chi connectivity index (χ0v) is 13.5. The average Bonchev–Trinajstić information content (AvgIpc) is 3.01. The Balaban J connectivity index is 1.77. The molecule has 1 fully saturated rings. The maximum absolute atomic E-state index is 12.2. The van der Waals surface area contributed by atoms with Crippen LogP contribution < -0.4 is 10.2 Å². The van der Waals surface area contributed by atoms with E-state index in [1.165, 1.54) is 12.8 Å². The highest BCUT2D eigenvalue weighted by Gasteiger charge is 2.16. The van der Waals surface area contributed by atoms with Gasteiger partial charge in [0.15, 0.2) is 0 Å². The number of nitrogens with zero attached hydrogens (tertiary/aromatic N) is 1. The maximum Gasteiger partial charge on any atom is 0.257 e. The fourth-order valence-electron chi connectivity index (χ4n) is 2.64. The van der Waals surface area contributed by atoms with E-state index in [4.69, 9.17) is 23.2 Å². The van der Waals surface area contributed by atoms with E-state index >= 15 is 0 Å². The van der Waals surface area contributed by atoms with Gasteiger partial charge in [0.05, 0.1) is 21.3 Å². The van der Waals surface area contributed by atoms with Crippen LogP contribution in [0, 0.1) is 0 Å². The molecule has 0 aromatic heterocycles. The van der Waals surface area contributed by atoms with Gasteiger partial charge >= 0.3 is 0 Å². The van der Waals surface area contributed by atoms with Crippen molar-refractivity contribution in [2.45, 2.75) is 12.8 Å². The number of hydrogen-bond acceptors (Lipinski definition) is 2. The molecule has 1 aliphatic rings. The number of carbonyl (C=O) groups is 1. The van der Waals surface area contributed by atoms with Crippen molar-refractivity contribution >= 4 is 40.5 Å². The van der Waals surface area contributed by atoms with E-state index in [1.54, 1.807) is 30.3 Å². The summed E-state index contributed by atoms with van der Waals surface area (Å²) in [5.41, 5.74) is 2.14. The first-order valence-corrected chi connectivity index (χ1v) is 8.01. The van der Waals surface area contributed by atoms with Crippen molar-refractivity contribution in [2.24, 2.45) is 0 Å². The second-order valence-corrected chi connectivity index (χ2v) is 6.11. The van der Waals surface area contributed by atoms with Crippen LogP contribution in [0.5, 0.6) is 0 Å². The number of benzene rings is 2. The van der Waals surface area contributed by atoms with Crippen LogP contribution in [0.2, 0.25) is 10.0 Å². The number of hydrogen-bond donors (Lipinski definition) is 1. The molecule has 1 saturated heterocycles. The number of halogens is 2. The van der Waals surface area contributed by atoms with E-state index < -0.39 is 0 Å². The lowest BCUT2D eigenvalue weighted by molar-refractivity contribution is 0.102. The molecule has 1 aliphatic heterocycles. The molecule has 1 amide bonds. The van der Waals surface area contributed by atoms with E-state index in [9.17, 15) is 4.79 Å². The van der Waals surface area contributed by atoms with Crippen molar-refractivity contribution in [3.63, 3.8) is 0 Å². The molecule has 3 nitrogen and oxygen atoms in total. The van der Waals surface area contributed by atoms with Gasteiger partial charge in [-0.15, -0.1) is 0 Å². The summed E-state index contributed by atoms with van der Waals surface area (Å²) in [6, 6.07) is 12.6. The molecule has 2 aromatic rings. The van der Waals surface area contributed by atoms with Gasteiger partial charge in [-0.25, -0.2) is 0 Å². The second kappa shape index (κ2) is 6.59. The van der Waals surface area contributed by atoms with E-state index in [1.807, 2.05) is 12.1 Å². The second-order valence-electron chi connectivity index (χ2n) is 5.29. The Morgan fingerprint density at radius 3 is 2.41 bits per heavy atom. The molecule has 0 aliphatic carbocycles. The highest BCUT2D eigenvalue weighted by molar-refractivity contribution is 6.35. The minimum absolute atomic E-state index is 0.240. The molecule has 5 heteroatoms. The molecule has 22 heavy (non-hydrogen) atoms. The summed E-state index contributed by atoms with van der Waals surface area (Å²) in [5.74, 6) is -0.240. The summed E-state index contributed by atoms with van der Waals surface area (Å²) < 4.78 is 0. The SMILES string of the molecule is O=C(Nc1ccc(N2CCCC2)c(Cl)c1)c1ccccc1Cl. The number of rotatable bonds is 3. The van der Waals surface area contributed by atoms with Gasteiger partial charge in [-0.2, -0.15) is 0 Å². The topological polar surface area (TPSA) is 32.3 Å². The molecule has 2 aromatic carbocycles. The Bertz CT molecular complexity index is 697. The molecule has 0 atom stereocenters. The standard InChI is InChI=1S/C17H16Cl2N2O/c18-14-6-2-1-5-13(14)17(22)20-12-7-8-16(15(19)11-12)21-9-3-4-10-21/h1-2,5-8,11H,3-4,9-10H2,(H,20,22). The van der Waals surface area contributed by atoms with Crippen molar-refractivity contribution in [1.29, 1.82) is 0 Å². The van der Waals surface area contributed by atoms with Crippen molar-refractivity contribution in [1.82, 2.24) is 0 Å². The van der Waals surface area contributed by atoms with E-state index in [2.05, 4.69) is 10.2 Å². The van der Waals surface area contributed by atoms with Crippen LogP contribution in [0.25, 0.3) is 0 Å². The zero-order valence-electron chi connectivity index (χ0n) is 12.0. The van der Waals surface area contributed by atoms with Gasteiger partial charge in [-0.1, -0.05) is 35.3 Å². The van der Waals surface area contributed by atoms with Gasteiger partial charge in [-0.05, 0) is 43.2 Å². The number of amides is 1. The van der Waals surface area contributed by atoms with E-state index in [0.29, 0.717) is 21.3 Å². The van der Waals surface area contributed by atoms with Crippen LogP contribution in [-0.2, 0) is 0 Å². The molecule has 0 unspecified atom stereocenters. The largest absolute Gasteiger partial charge is 0.370 e. The lowest BCUT2D eigenvalue weighted by atomic mass is 10.2. The average molecular weight is 335 g/mol. The smallest absolute Gasteiger partial charge is 0.257 e. The van der Waals surface area contributed by atoms with Crippen LogP contribution in [0.4, 0.5) is 11.4 Å². The summed E-state index contributed by atoms with van der Waals surface area (Å²) in [7, 11) is 0. The van der Waals surface area contributed by atoms with Crippen molar-refractivity contribution in [2.75, 3.05) is 23.3 Å². The van der Waals surface area contributed by atoms with E-state index in [0.717, 1.165) is 18.8 Å². The zero-order chi connectivity index (χ0) is 15.5. The molecular weight excluding hydrogens is 319 g/mol. The fraction of sp³-hybridized carbons (Fsp3) is 0.235. The summed E-state index contributed by atoms with van der Waals surface area (Å²) >= 11 is 12.4. The van der Waals surface area contributed by atoms with Crippen LogP contribution in [-0.4, -0.2) is 19.0 Å². The van der Waals surface area contributed by atoms with Crippen molar-refractivity contribution in [3.8, 4) is 0 Å². The summed E-state index contributed by atoms with van der Waals surface area (Å²) in [4.78, 5) is 14.5. The van der Waals surface area contributed by atoms with Crippen molar-refractivity contribution < 1.29 is 4.79 Å². The monoisotopic (exact) mass is 334 g/mol. The molecular formula is C17H16Cl2N2O. The highest BCUT2D eigenvalue weighted by Crippen LogP contribution is 2.31. The summed E-state index contributed by atoms with van der Waals surface area (Å²) in [6.07, 6.45) is 2.39. The first kappa shape index (κ1) is 15.2. The summed E-state index contributed by atoms with van der Waals surface area (Å²) in [6.45, 7) is 2.07. The predicted molar refractivity (Wildman–Crippen MR) is 92.3 cm³/mol. The minimum Gasteiger partial charge on any atom is -0.370 e. The van der Waals surface area contributed by atoms with Crippen LogP contribution in [0.1, 0.15) is 23.2 Å². The van der Waals surface area contributed by atoms with E-state index in [-0.39, 0.29) is 5.91 Å². The van der Waals surface area contributed by atoms with Crippen LogP contribution >= 0.6 is 23.2 Å². The Labute approximate surface area is 139 Å². The molecule has 0 spiro atoms. The van der Waals surface area contributed by atoms with Crippen molar-refractivity contribution in [3.05, 3.63) is 58.1 Å². The fourth-order valence-corrected chi connectivity index (χ4v) is 3.16. The minimum atomic E-state index is -0.240. The summed E-state index contributed by atoms with van der Waals surface area (Å²) in [5, 5.41) is 3.91. The van der Waals surface area contributed by atoms with Gasteiger partial charge in [0.2, 0.25) is 0 Å². The maximum atomic E-state index is 12.2. The third-order valence-corrected chi connectivity index (χ3v) is 4.40. The predicted octanol–water partition coefficient (Wildman–Crippen LogP) is 4.85. The number of carbonyl (C=O) groups excluding carboxylic acids is 1. The molecule has 114 valence electrons. The molecule has 0 radical (unpaired) electrons.